The summed E-state index contributed by atoms with van der Waals surface area (Å²) in [5.41, 5.74) is 0. The van der Waals surface area contributed by atoms with E-state index in [1.165, 1.54) is 0 Å². The highest BCUT2D eigenvalue weighted by Crippen LogP contribution is 2.38. The van der Waals surface area contributed by atoms with E-state index >= 15 is 0 Å². The van der Waals surface area contributed by atoms with Crippen molar-refractivity contribution in [3.63, 3.8) is 0 Å². The molecular weight excluding hydrogens is 152 g/mol. The molecule has 3 rings (SSSR count). The van der Waals surface area contributed by atoms with Crippen LogP contribution in [0.1, 0.15) is 0 Å². The zero-order chi connectivity index (χ0) is 7.97. The van der Waals surface area contributed by atoms with Crippen molar-refractivity contribution < 1.29 is 9.78 Å². The summed E-state index contributed by atoms with van der Waals surface area (Å²) in [7, 11) is 0. The Morgan fingerprint density at radius 1 is 0.750 bits per heavy atom. The highest BCUT2D eigenvalue weighted by Gasteiger charge is 2.16. The third-order valence-corrected chi connectivity index (χ3v) is 2.05. The van der Waals surface area contributed by atoms with Gasteiger partial charge in [-0.15, -0.1) is 0 Å². The molecule has 12 heavy (non-hydrogen) atoms. The minimum absolute atomic E-state index is 0.808. The van der Waals surface area contributed by atoms with Crippen molar-refractivity contribution in [2.75, 3.05) is 0 Å². The lowest BCUT2D eigenvalue weighted by atomic mass is 10.1. The molecule has 0 radical (unpaired) electrons. The van der Waals surface area contributed by atoms with E-state index in [1.54, 1.807) is 0 Å². The van der Waals surface area contributed by atoms with Crippen LogP contribution in [0, 0.1) is 0 Å². The molecule has 2 nitrogen and oxygen atoms in total. The second kappa shape index (κ2) is 1.91. The zero-order valence-corrected chi connectivity index (χ0v) is 6.28. The summed E-state index contributed by atoms with van der Waals surface area (Å²) in [5, 5.41) is 2.22. The lowest BCUT2D eigenvalue weighted by Crippen LogP contribution is -1.91. The van der Waals surface area contributed by atoms with Crippen LogP contribution in [-0.2, 0) is 0 Å². The number of rotatable bonds is 0. The summed E-state index contributed by atoms with van der Waals surface area (Å²) in [6, 6.07) is 11.8. The maximum atomic E-state index is 5.01. The molecule has 0 N–H and O–H groups in total. The van der Waals surface area contributed by atoms with E-state index in [-0.39, 0.29) is 0 Å². The summed E-state index contributed by atoms with van der Waals surface area (Å²) in [4.78, 5) is 10.0. The molecule has 0 saturated carbocycles. The van der Waals surface area contributed by atoms with Gasteiger partial charge in [0.1, 0.15) is 0 Å². The summed E-state index contributed by atoms with van der Waals surface area (Å²) in [6.45, 7) is 0. The van der Waals surface area contributed by atoms with Crippen LogP contribution in [0.15, 0.2) is 36.4 Å². The van der Waals surface area contributed by atoms with Crippen molar-refractivity contribution in [3.05, 3.63) is 36.4 Å². The first-order valence-corrected chi connectivity index (χ1v) is 3.81. The smallest absolute Gasteiger partial charge is 0.190 e. The Labute approximate surface area is 69.3 Å². The summed E-state index contributed by atoms with van der Waals surface area (Å²) in [5.74, 6) is 1.62. The van der Waals surface area contributed by atoms with Gasteiger partial charge < -0.3 is 0 Å². The first kappa shape index (κ1) is 5.89. The Morgan fingerprint density at radius 2 is 1.33 bits per heavy atom. The maximum absolute atomic E-state index is 5.01. The van der Waals surface area contributed by atoms with Gasteiger partial charge in [-0.25, -0.2) is 0 Å². The average Bonchev–Trinajstić information content (AvgIpc) is 2.52. The Bertz CT molecular complexity index is 410. The van der Waals surface area contributed by atoms with Crippen LogP contribution in [0.2, 0.25) is 0 Å². The lowest BCUT2D eigenvalue weighted by molar-refractivity contribution is -0.0855. The molecule has 0 saturated heterocycles. The summed E-state index contributed by atoms with van der Waals surface area (Å²) < 4.78 is 0. The summed E-state index contributed by atoms with van der Waals surface area (Å²) in [6.07, 6.45) is 0. The Kier molecular flexibility index (Phi) is 0.939. The second-order valence-corrected chi connectivity index (χ2v) is 2.78. The molecule has 58 valence electrons. The van der Waals surface area contributed by atoms with Crippen LogP contribution < -0.4 is 9.78 Å². The third kappa shape index (κ3) is 0.593. The molecule has 0 amide bonds. The largest absolute Gasteiger partial charge is 0.289 e. The molecule has 0 spiro atoms. The van der Waals surface area contributed by atoms with Crippen LogP contribution in [0.5, 0.6) is 11.5 Å². The van der Waals surface area contributed by atoms with Crippen LogP contribution >= 0.6 is 0 Å². The highest BCUT2D eigenvalue weighted by molar-refractivity contribution is 5.94. The third-order valence-electron chi connectivity index (χ3n) is 2.05. The van der Waals surface area contributed by atoms with E-state index < -0.39 is 0 Å². The summed E-state index contributed by atoms with van der Waals surface area (Å²) >= 11 is 0. The molecule has 2 heteroatoms. The fourth-order valence-corrected chi connectivity index (χ4v) is 1.50. The van der Waals surface area contributed by atoms with E-state index in [1.807, 2.05) is 36.4 Å². The number of benzene rings is 2. The molecule has 1 aliphatic heterocycles. The Morgan fingerprint density at radius 3 is 1.92 bits per heavy atom. The standard InChI is InChI=1S/C10H6O2/c1-3-7-4-2-6-9-10(7)8(5-1)11-12-9/h1-6H. The van der Waals surface area contributed by atoms with Crippen molar-refractivity contribution in [1.29, 1.82) is 0 Å². The first-order valence-electron chi connectivity index (χ1n) is 3.81. The molecule has 1 heterocycles. The predicted octanol–water partition coefficient (Wildman–Crippen LogP) is 2.53. The highest BCUT2D eigenvalue weighted by atomic mass is 17.2. The number of hydrogen-bond donors (Lipinski definition) is 0. The van der Waals surface area contributed by atoms with Crippen LogP contribution in [0.4, 0.5) is 0 Å². The van der Waals surface area contributed by atoms with Crippen molar-refractivity contribution in [2.45, 2.75) is 0 Å². The van der Waals surface area contributed by atoms with Crippen molar-refractivity contribution in [1.82, 2.24) is 0 Å². The van der Waals surface area contributed by atoms with Crippen LogP contribution in [0.3, 0.4) is 0 Å². The van der Waals surface area contributed by atoms with E-state index in [0.29, 0.717) is 0 Å². The molecule has 0 bridgehead atoms. The van der Waals surface area contributed by atoms with Gasteiger partial charge in [0.15, 0.2) is 11.5 Å². The van der Waals surface area contributed by atoms with Crippen molar-refractivity contribution in [3.8, 4) is 11.5 Å². The first-order chi connectivity index (χ1) is 5.95. The van der Waals surface area contributed by atoms with E-state index in [0.717, 1.165) is 22.3 Å². The molecule has 0 atom stereocenters. The van der Waals surface area contributed by atoms with Crippen LogP contribution in [0.25, 0.3) is 10.8 Å². The SMILES string of the molecule is c1cc2c3c(cccc3c1)OO2. The van der Waals surface area contributed by atoms with Gasteiger partial charge in [-0.05, 0) is 17.5 Å². The van der Waals surface area contributed by atoms with Gasteiger partial charge in [0.25, 0.3) is 0 Å². The van der Waals surface area contributed by atoms with E-state index in [9.17, 15) is 0 Å². The molecule has 0 aliphatic carbocycles. The van der Waals surface area contributed by atoms with Crippen molar-refractivity contribution in [2.24, 2.45) is 0 Å². The van der Waals surface area contributed by atoms with Gasteiger partial charge in [-0.2, -0.15) is 0 Å². The molecule has 0 fully saturated rings. The van der Waals surface area contributed by atoms with E-state index in [4.69, 9.17) is 9.78 Å². The van der Waals surface area contributed by atoms with Gasteiger partial charge in [0, 0.05) is 0 Å². The quantitative estimate of drug-likeness (QED) is 0.548. The molecule has 2 aromatic carbocycles. The normalized spacial score (nSPS) is 12.7. The zero-order valence-electron chi connectivity index (χ0n) is 6.28. The second-order valence-electron chi connectivity index (χ2n) is 2.78. The molecular formula is C10H6O2. The van der Waals surface area contributed by atoms with Gasteiger partial charge in [0.05, 0.1) is 5.39 Å². The minimum atomic E-state index is 0.808. The molecule has 0 unspecified atom stereocenters. The van der Waals surface area contributed by atoms with Gasteiger partial charge >= 0.3 is 0 Å². The maximum Gasteiger partial charge on any atom is 0.190 e. The predicted molar refractivity (Wildman–Crippen MR) is 45.2 cm³/mol. The molecule has 1 aliphatic rings. The van der Waals surface area contributed by atoms with Crippen LogP contribution in [-0.4, -0.2) is 0 Å². The van der Waals surface area contributed by atoms with Gasteiger partial charge in [0.2, 0.25) is 0 Å². The van der Waals surface area contributed by atoms with Crippen molar-refractivity contribution >= 4 is 10.8 Å². The monoisotopic (exact) mass is 158 g/mol. The van der Waals surface area contributed by atoms with Gasteiger partial charge in [-0.1, -0.05) is 24.3 Å². The van der Waals surface area contributed by atoms with E-state index in [2.05, 4.69) is 0 Å². The average molecular weight is 158 g/mol. The molecule has 2 aromatic rings. The van der Waals surface area contributed by atoms with Gasteiger partial charge in [-0.3, -0.25) is 9.78 Å². The lowest BCUT2D eigenvalue weighted by Gasteiger charge is -1.92. The Hall–Kier alpha value is -1.70. The fourth-order valence-electron chi connectivity index (χ4n) is 1.50. The number of hydrogen-bond acceptors (Lipinski definition) is 2. The Balaban J connectivity index is 2.58. The molecule has 0 aromatic heterocycles. The minimum Gasteiger partial charge on any atom is -0.289 e. The fraction of sp³-hybridized carbons (Fsp3) is 0. The topological polar surface area (TPSA) is 18.5 Å².